The number of likely N-dealkylation sites (tertiary alicyclic amines) is 1. The molecule has 4 atom stereocenters. The van der Waals surface area contributed by atoms with E-state index in [1.807, 2.05) is 60.7 Å². The number of carbonyl (C=O) groups is 2. The lowest BCUT2D eigenvalue weighted by molar-refractivity contribution is -0.141. The van der Waals surface area contributed by atoms with Crippen LogP contribution in [-0.2, 0) is 16.0 Å². The smallest absolute Gasteiger partial charge is 0.243 e. The van der Waals surface area contributed by atoms with Gasteiger partial charge in [-0.1, -0.05) is 81.4 Å². The van der Waals surface area contributed by atoms with E-state index in [1.54, 1.807) is 13.1 Å². The Hall–Kier alpha value is -3.54. The van der Waals surface area contributed by atoms with Crippen LogP contribution in [0, 0.1) is 5.92 Å². The van der Waals surface area contributed by atoms with E-state index in [9.17, 15) is 14.0 Å². The van der Waals surface area contributed by atoms with E-state index in [1.165, 1.54) is 10.5 Å². The summed E-state index contributed by atoms with van der Waals surface area (Å²) < 4.78 is 14.6. The first-order valence-electron chi connectivity index (χ1n) is 12.6. The van der Waals surface area contributed by atoms with Gasteiger partial charge in [0.25, 0.3) is 0 Å². The van der Waals surface area contributed by atoms with E-state index in [-0.39, 0.29) is 24.8 Å². The van der Waals surface area contributed by atoms with Crippen molar-refractivity contribution < 1.29 is 14.0 Å². The predicted octanol–water partition coefficient (Wildman–Crippen LogP) is 5.23. The van der Waals surface area contributed by atoms with E-state index >= 15 is 0 Å². The third-order valence-corrected chi connectivity index (χ3v) is 6.85. The molecular formula is C30H34FN3O2. The summed E-state index contributed by atoms with van der Waals surface area (Å²) in [6.07, 6.45) is 0.901. The molecule has 0 saturated carbocycles. The number of rotatable bonds is 8. The Bertz CT molecular complexity index is 1150. The molecule has 1 N–H and O–H groups in total. The molecule has 1 aliphatic rings. The van der Waals surface area contributed by atoms with Crippen molar-refractivity contribution in [2.45, 2.75) is 57.8 Å². The maximum Gasteiger partial charge on any atom is 0.243 e. The minimum absolute atomic E-state index is 0.00166. The highest BCUT2D eigenvalue weighted by Gasteiger charge is 2.41. The van der Waals surface area contributed by atoms with Crippen molar-refractivity contribution >= 4 is 11.8 Å². The summed E-state index contributed by atoms with van der Waals surface area (Å²) in [7, 11) is 0. The van der Waals surface area contributed by atoms with Crippen LogP contribution in [0.4, 0.5) is 4.39 Å². The molecule has 2 aromatic carbocycles. The zero-order valence-corrected chi connectivity index (χ0v) is 21.1. The van der Waals surface area contributed by atoms with Crippen LogP contribution in [0.15, 0.2) is 79.0 Å². The molecule has 2 heterocycles. The van der Waals surface area contributed by atoms with Gasteiger partial charge in [0.05, 0.1) is 12.6 Å². The molecule has 1 aliphatic heterocycles. The molecule has 1 fully saturated rings. The lowest BCUT2D eigenvalue weighted by atomic mass is 9.95. The van der Waals surface area contributed by atoms with Gasteiger partial charge in [-0.15, -0.1) is 0 Å². The number of nitrogens with one attached hydrogen (secondary N) is 1. The molecule has 5 nitrogen and oxygen atoms in total. The highest BCUT2D eigenvalue weighted by Crippen LogP contribution is 2.28. The molecule has 4 rings (SSSR count). The van der Waals surface area contributed by atoms with Crippen LogP contribution in [0.5, 0.6) is 0 Å². The molecule has 2 amide bonds. The number of hydrogen-bond acceptors (Lipinski definition) is 3. The second-order valence-corrected chi connectivity index (χ2v) is 9.94. The number of hydrogen-bond donors (Lipinski definition) is 1. The fraction of sp³-hybridized carbons (Fsp3) is 0.367. The maximum absolute atomic E-state index is 14.6. The van der Waals surface area contributed by atoms with Crippen LogP contribution in [0.1, 0.15) is 61.5 Å². The summed E-state index contributed by atoms with van der Waals surface area (Å²) in [5, 5.41) is 3.12. The lowest BCUT2D eigenvalue weighted by Gasteiger charge is -2.29. The summed E-state index contributed by atoms with van der Waals surface area (Å²) >= 11 is 0. The Kier molecular flexibility index (Phi) is 8.14. The number of aromatic nitrogens is 1. The molecule has 0 radical (unpaired) electrons. The Morgan fingerprint density at radius 2 is 1.58 bits per heavy atom. The summed E-state index contributed by atoms with van der Waals surface area (Å²) in [5.41, 5.74) is 3.88. The zero-order chi connectivity index (χ0) is 25.7. The zero-order valence-electron chi connectivity index (χ0n) is 21.1. The van der Waals surface area contributed by atoms with Crippen molar-refractivity contribution in [3.05, 3.63) is 101 Å². The summed E-state index contributed by atoms with van der Waals surface area (Å²) in [6, 6.07) is 22.2. The largest absolute Gasteiger partial charge is 0.343 e. The molecule has 1 aromatic heterocycles. The fourth-order valence-corrected chi connectivity index (χ4v) is 4.80. The Labute approximate surface area is 212 Å². The number of amides is 2. The molecular weight excluding hydrogens is 453 g/mol. The average Bonchev–Trinajstić information content (AvgIpc) is 3.29. The van der Waals surface area contributed by atoms with Gasteiger partial charge >= 0.3 is 0 Å². The van der Waals surface area contributed by atoms with E-state index in [4.69, 9.17) is 0 Å². The first-order chi connectivity index (χ1) is 17.3. The minimum Gasteiger partial charge on any atom is -0.343 e. The van der Waals surface area contributed by atoms with Crippen molar-refractivity contribution in [3.63, 3.8) is 0 Å². The minimum atomic E-state index is -1.23. The van der Waals surface area contributed by atoms with Gasteiger partial charge in [0.1, 0.15) is 12.2 Å². The SMILES string of the molecule is CC(Cc1ccccn1)C(=O)N1C[C@H](F)C[C@H]1C(=O)N[C@@H](c1ccccc1)c1ccc(C(C)C)cc1. The highest BCUT2D eigenvalue weighted by molar-refractivity contribution is 5.89. The number of nitrogens with zero attached hydrogens (tertiary/aromatic N) is 2. The number of halogens is 1. The molecule has 6 heteroatoms. The fourth-order valence-electron chi connectivity index (χ4n) is 4.80. The first kappa shape index (κ1) is 25.5. The van der Waals surface area contributed by atoms with Crippen LogP contribution in [0.3, 0.4) is 0 Å². The van der Waals surface area contributed by atoms with E-state index in [0.717, 1.165) is 16.8 Å². The second-order valence-electron chi connectivity index (χ2n) is 9.94. The highest BCUT2D eigenvalue weighted by atomic mass is 19.1. The molecule has 0 aliphatic carbocycles. The van der Waals surface area contributed by atoms with Gasteiger partial charge < -0.3 is 10.2 Å². The monoisotopic (exact) mass is 487 g/mol. The summed E-state index contributed by atoms with van der Waals surface area (Å²) in [6.45, 7) is 6.02. The van der Waals surface area contributed by atoms with Crippen molar-refractivity contribution in [2.75, 3.05) is 6.54 Å². The molecule has 1 saturated heterocycles. The molecule has 0 bridgehead atoms. The van der Waals surface area contributed by atoms with Gasteiger partial charge in [-0.25, -0.2) is 4.39 Å². The third kappa shape index (κ3) is 5.99. The van der Waals surface area contributed by atoms with Gasteiger partial charge in [0.15, 0.2) is 0 Å². The predicted molar refractivity (Wildman–Crippen MR) is 139 cm³/mol. The molecule has 36 heavy (non-hydrogen) atoms. The number of carbonyl (C=O) groups excluding carboxylic acids is 2. The normalized spacial score (nSPS) is 19.2. The van der Waals surface area contributed by atoms with Crippen LogP contribution >= 0.6 is 0 Å². The second kappa shape index (κ2) is 11.5. The van der Waals surface area contributed by atoms with Gasteiger partial charge in [-0.05, 0) is 34.7 Å². The molecule has 0 spiro atoms. The van der Waals surface area contributed by atoms with Gasteiger partial charge in [0, 0.05) is 30.7 Å². The van der Waals surface area contributed by atoms with Gasteiger partial charge in [0.2, 0.25) is 11.8 Å². The van der Waals surface area contributed by atoms with E-state index in [0.29, 0.717) is 12.3 Å². The third-order valence-electron chi connectivity index (χ3n) is 6.85. The standard InChI is InChI=1S/C30H34FN3O2/c1-20(2)22-12-14-24(15-13-22)28(23-9-5-4-6-10-23)33-29(35)27-18-25(31)19-34(27)30(36)21(3)17-26-11-7-8-16-32-26/h4-16,20-21,25,27-28H,17-19H2,1-3H3,(H,33,35)/t21?,25-,27+,28+/m1/s1. The Morgan fingerprint density at radius 1 is 0.944 bits per heavy atom. The lowest BCUT2D eigenvalue weighted by Crippen LogP contribution is -2.48. The molecule has 3 aromatic rings. The van der Waals surface area contributed by atoms with Crippen molar-refractivity contribution in [1.29, 1.82) is 0 Å². The van der Waals surface area contributed by atoms with Gasteiger partial charge in [-0.2, -0.15) is 0 Å². The van der Waals surface area contributed by atoms with Crippen LogP contribution in [0.25, 0.3) is 0 Å². The maximum atomic E-state index is 14.6. The summed E-state index contributed by atoms with van der Waals surface area (Å²) in [5.74, 6) is -0.570. The van der Waals surface area contributed by atoms with Crippen molar-refractivity contribution in [1.82, 2.24) is 15.2 Å². The number of benzene rings is 2. The topological polar surface area (TPSA) is 62.3 Å². The van der Waals surface area contributed by atoms with Crippen LogP contribution in [0.2, 0.25) is 0 Å². The Morgan fingerprint density at radius 3 is 2.22 bits per heavy atom. The van der Waals surface area contributed by atoms with Crippen molar-refractivity contribution in [3.8, 4) is 0 Å². The Balaban J connectivity index is 1.54. The number of pyridine rings is 1. The molecule has 1 unspecified atom stereocenters. The number of alkyl halides is 1. The first-order valence-corrected chi connectivity index (χ1v) is 12.6. The van der Waals surface area contributed by atoms with Crippen LogP contribution in [-0.4, -0.2) is 40.5 Å². The van der Waals surface area contributed by atoms with E-state index in [2.05, 4.69) is 36.3 Å². The quantitative estimate of drug-likeness (QED) is 0.473. The summed E-state index contributed by atoms with van der Waals surface area (Å²) in [4.78, 5) is 32.5. The van der Waals surface area contributed by atoms with Crippen LogP contribution < -0.4 is 5.32 Å². The van der Waals surface area contributed by atoms with Gasteiger partial charge in [-0.3, -0.25) is 14.6 Å². The van der Waals surface area contributed by atoms with E-state index < -0.39 is 24.2 Å². The molecule has 188 valence electrons. The average molecular weight is 488 g/mol. The van der Waals surface area contributed by atoms with Crippen molar-refractivity contribution in [2.24, 2.45) is 5.92 Å².